The zero-order valence-corrected chi connectivity index (χ0v) is 14.7. The molecule has 0 aliphatic heterocycles. The van der Waals surface area contributed by atoms with Crippen LogP contribution in [0.3, 0.4) is 0 Å². The van der Waals surface area contributed by atoms with Crippen LogP contribution in [0.5, 0.6) is 0 Å². The van der Waals surface area contributed by atoms with E-state index in [1.807, 2.05) is 60.7 Å². The lowest BCUT2D eigenvalue weighted by Crippen LogP contribution is -2.28. The third-order valence-electron chi connectivity index (χ3n) is 4.54. The third-order valence-corrected chi connectivity index (χ3v) is 4.54. The molecule has 0 saturated carbocycles. The summed E-state index contributed by atoms with van der Waals surface area (Å²) in [5.41, 5.74) is 2.68. The topological polar surface area (TPSA) is 29.1 Å². The van der Waals surface area contributed by atoms with Gasteiger partial charge in [0.05, 0.1) is 6.04 Å². The van der Waals surface area contributed by atoms with E-state index in [2.05, 4.69) is 5.32 Å². The fourth-order valence-corrected chi connectivity index (χ4v) is 3.19. The molecule has 0 saturated heterocycles. The van der Waals surface area contributed by atoms with E-state index in [0.717, 1.165) is 11.1 Å². The maximum Gasteiger partial charge on any atom is 0.221 e. The Morgan fingerprint density at radius 3 is 1.88 bits per heavy atom. The summed E-state index contributed by atoms with van der Waals surface area (Å²) in [4.78, 5) is 12.7. The SMILES string of the molecule is CC(NC(=O)CC(c1ccccc1)c1ccccc1)c1ccccc1F. The van der Waals surface area contributed by atoms with Crippen molar-refractivity contribution in [3.05, 3.63) is 107 Å². The zero-order chi connectivity index (χ0) is 18.4. The first-order chi connectivity index (χ1) is 12.6. The molecule has 1 atom stereocenters. The van der Waals surface area contributed by atoms with Crippen molar-refractivity contribution >= 4 is 5.91 Å². The van der Waals surface area contributed by atoms with E-state index in [-0.39, 0.29) is 23.7 Å². The van der Waals surface area contributed by atoms with Gasteiger partial charge in [-0.05, 0) is 24.1 Å². The quantitative estimate of drug-likeness (QED) is 0.650. The highest BCUT2D eigenvalue weighted by molar-refractivity contribution is 5.78. The van der Waals surface area contributed by atoms with Gasteiger partial charge < -0.3 is 5.32 Å². The van der Waals surface area contributed by atoms with E-state index in [4.69, 9.17) is 0 Å². The number of carbonyl (C=O) groups is 1. The summed E-state index contributed by atoms with van der Waals surface area (Å²) < 4.78 is 13.9. The van der Waals surface area contributed by atoms with E-state index in [1.165, 1.54) is 6.07 Å². The average Bonchev–Trinajstić information content (AvgIpc) is 2.68. The van der Waals surface area contributed by atoms with Crippen molar-refractivity contribution < 1.29 is 9.18 Å². The van der Waals surface area contributed by atoms with E-state index in [1.54, 1.807) is 25.1 Å². The van der Waals surface area contributed by atoms with Gasteiger partial charge in [0.2, 0.25) is 5.91 Å². The molecule has 1 unspecified atom stereocenters. The minimum absolute atomic E-state index is 0.0368. The molecule has 1 amide bonds. The molecule has 2 nitrogen and oxygen atoms in total. The summed E-state index contributed by atoms with van der Waals surface area (Å²) >= 11 is 0. The van der Waals surface area contributed by atoms with E-state index in [9.17, 15) is 9.18 Å². The van der Waals surface area contributed by atoms with Crippen molar-refractivity contribution in [2.45, 2.75) is 25.3 Å². The number of benzene rings is 3. The monoisotopic (exact) mass is 347 g/mol. The number of carbonyl (C=O) groups excluding carboxylic acids is 1. The van der Waals surface area contributed by atoms with Crippen molar-refractivity contribution in [2.75, 3.05) is 0 Å². The van der Waals surface area contributed by atoms with E-state index >= 15 is 0 Å². The van der Waals surface area contributed by atoms with Crippen LogP contribution in [0.15, 0.2) is 84.9 Å². The largest absolute Gasteiger partial charge is 0.349 e. The van der Waals surface area contributed by atoms with Gasteiger partial charge in [0, 0.05) is 17.9 Å². The first-order valence-electron chi connectivity index (χ1n) is 8.79. The number of hydrogen-bond acceptors (Lipinski definition) is 1. The summed E-state index contributed by atoms with van der Waals surface area (Å²) in [5, 5.41) is 2.93. The van der Waals surface area contributed by atoms with Gasteiger partial charge >= 0.3 is 0 Å². The fourth-order valence-electron chi connectivity index (χ4n) is 3.19. The number of rotatable bonds is 6. The van der Waals surface area contributed by atoms with Gasteiger partial charge in [-0.3, -0.25) is 4.79 Å². The van der Waals surface area contributed by atoms with Crippen LogP contribution in [0.1, 0.15) is 42.0 Å². The van der Waals surface area contributed by atoms with Crippen molar-refractivity contribution in [3.63, 3.8) is 0 Å². The Hall–Kier alpha value is -2.94. The predicted octanol–water partition coefficient (Wildman–Crippen LogP) is 5.23. The van der Waals surface area contributed by atoms with E-state index in [0.29, 0.717) is 12.0 Å². The maximum absolute atomic E-state index is 13.9. The van der Waals surface area contributed by atoms with Crippen LogP contribution in [0.4, 0.5) is 4.39 Å². The van der Waals surface area contributed by atoms with Crippen LogP contribution in [-0.2, 0) is 4.79 Å². The standard InChI is InChI=1S/C23H22FNO/c1-17(20-14-8-9-15-22(20)24)25-23(26)16-21(18-10-4-2-5-11-18)19-12-6-3-7-13-19/h2-15,17,21H,16H2,1H3,(H,25,26). The van der Waals surface area contributed by atoms with Gasteiger partial charge in [0.1, 0.15) is 5.82 Å². The molecule has 0 bridgehead atoms. The normalized spacial score (nSPS) is 12.0. The molecule has 3 heteroatoms. The molecular weight excluding hydrogens is 325 g/mol. The third kappa shape index (κ3) is 4.37. The van der Waals surface area contributed by atoms with Crippen molar-refractivity contribution in [2.24, 2.45) is 0 Å². The molecule has 0 fully saturated rings. The number of halogens is 1. The van der Waals surface area contributed by atoms with Crippen molar-refractivity contribution in [1.82, 2.24) is 5.32 Å². The molecule has 0 heterocycles. The highest BCUT2D eigenvalue weighted by atomic mass is 19.1. The molecule has 0 spiro atoms. The Morgan fingerprint density at radius 1 is 0.846 bits per heavy atom. The first-order valence-corrected chi connectivity index (χ1v) is 8.79. The molecular formula is C23H22FNO. The molecule has 1 N–H and O–H groups in total. The highest BCUT2D eigenvalue weighted by Crippen LogP contribution is 2.28. The van der Waals surface area contributed by atoms with E-state index < -0.39 is 0 Å². The van der Waals surface area contributed by atoms with Crippen LogP contribution in [0.25, 0.3) is 0 Å². The Kier molecular flexibility index (Phi) is 5.80. The highest BCUT2D eigenvalue weighted by Gasteiger charge is 2.20. The molecule has 3 aromatic carbocycles. The number of nitrogens with one attached hydrogen (secondary N) is 1. The molecule has 0 aliphatic rings. The summed E-state index contributed by atoms with van der Waals surface area (Å²) in [6.07, 6.45) is 0.312. The maximum atomic E-state index is 13.9. The minimum Gasteiger partial charge on any atom is -0.349 e. The first kappa shape index (κ1) is 17.9. The number of hydrogen-bond donors (Lipinski definition) is 1. The molecule has 0 radical (unpaired) electrons. The Bertz CT molecular complexity index is 809. The summed E-state index contributed by atoms with van der Waals surface area (Å²) in [7, 11) is 0. The van der Waals surface area contributed by atoms with Crippen LogP contribution >= 0.6 is 0 Å². The number of amides is 1. The van der Waals surface area contributed by atoms with Crippen LogP contribution in [-0.4, -0.2) is 5.91 Å². The van der Waals surface area contributed by atoms with Crippen molar-refractivity contribution in [3.8, 4) is 0 Å². The molecule has 0 aliphatic carbocycles. The molecule has 132 valence electrons. The second kappa shape index (κ2) is 8.43. The second-order valence-electron chi connectivity index (χ2n) is 6.39. The van der Waals surface area contributed by atoms with Crippen LogP contribution in [0, 0.1) is 5.82 Å². The van der Waals surface area contributed by atoms with Gasteiger partial charge in [-0.15, -0.1) is 0 Å². The summed E-state index contributed by atoms with van der Waals surface area (Å²) in [5.74, 6) is -0.438. The van der Waals surface area contributed by atoms with Gasteiger partial charge in [0.15, 0.2) is 0 Å². The Morgan fingerprint density at radius 2 is 1.35 bits per heavy atom. The summed E-state index contributed by atoms with van der Waals surface area (Å²) in [6, 6.07) is 26.1. The molecule has 26 heavy (non-hydrogen) atoms. The smallest absolute Gasteiger partial charge is 0.221 e. The molecule has 0 aromatic heterocycles. The van der Waals surface area contributed by atoms with Crippen molar-refractivity contribution in [1.29, 1.82) is 0 Å². The lowest BCUT2D eigenvalue weighted by Gasteiger charge is -2.20. The Labute approximate surface area is 153 Å². The van der Waals surface area contributed by atoms with Gasteiger partial charge in [-0.25, -0.2) is 4.39 Å². The lowest BCUT2D eigenvalue weighted by atomic mass is 9.88. The van der Waals surface area contributed by atoms with Crippen LogP contribution in [0.2, 0.25) is 0 Å². The fraction of sp³-hybridized carbons (Fsp3) is 0.174. The summed E-state index contributed by atoms with van der Waals surface area (Å²) in [6.45, 7) is 1.80. The molecule has 3 aromatic rings. The molecule has 3 rings (SSSR count). The van der Waals surface area contributed by atoms with Gasteiger partial charge in [-0.2, -0.15) is 0 Å². The minimum atomic E-state index is -0.379. The van der Waals surface area contributed by atoms with Crippen LogP contribution < -0.4 is 5.32 Å². The van der Waals surface area contributed by atoms with Gasteiger partial charge in [0.25, 0.3) is 0 Å². The Balaban J connectivity index is 1.77. The lowest BCUT2D eigenvalue weighted by molar-refractivity contribution is -0.121. The second-order valence-corrected chi connectivity index (χ2v) is 6.39. The van der Waals surface area contributed by atoms with Gasteiger partial charge in [-0.1, -0.05) is 78.9 Å². The predicted molar refractivity (Wildman–Crippen MR) is 102 cm³/mol. The zero-order valence-electron chi connectivity index (χ0n) is 14.7. The average molecular weight is 347 g/mol.